The fourth-order valence-corrected chi connectivity index (χ4v) is 3.91. The highest BCUT2D eigenvalue weighted by Gasteiger charge is 2.22. The van der Waals surface area contributed by atoms with Crippen molar-refractivity contribution in [3.63, 3.8) is 0 Å². The Morgan fingerprint density at radius 2 is 2.28 bits per heavy atom. The number of amides is 1. The van der Waals surface area contributed by atoms with E-state index in [9.17, 15) is 18.4 Å². The molecule has 0 unspecified atom stereocenters. The molecule has 11 heteroatoms. The number of aromatic nitrogens is 4. The minimum atomic E-state index is -0.730. The van der Waals surface area contributed by atoms with E-state index in [1.54, 1.807) is 4.57 Å². The van der Waals surface area contributed by atoms with Crippen LogP contribution in [-0.4, -0.2) is 43.9 Å². The molecule has 1 saturated heterocycles. The maximum Gasteiger partial charge on any atom is 0.278 e. The molecular formula is C18H17F2N5O3S. The molecule has 152 valence electrons. The zero-order chi connectivity index (χ0) is 20.4. The molecule has 0 saturated carbocycles. The molecule has 0 radical (unpaired) electrons. The molecule has 1 aliphatic rings. The maximum atomic E-state index is 13.7. The molecule has 1 aliphatic heterocycles. The summed E-state index contributed by atoms with van der Waals surface area (Å²) < 4.78 is 34.4. The van der Waals surface area contributed by atoms with E-state index in [0.29, 0.717) is 24.0 Å². The van der Waals surface area contributed by atoms with E-state index >= 15 is 0 Å². The number of rotatable bonds is 6. The summed E-state index contributed by atoms with van der Waals surface area (Å²) >= 11 is 1.08. The van der Waals surface area contributed by atoms with Crippen molar-refractivity contribution in [2.24, 2.45) is 0 Å². The van der Waals surface area contributed by atoms with Crippen molar-refractivity contribution in [1.82, 2.24) is 19.5 Å². The number of hydrogen-bond donors (Lipinski definition) is 2. The third-order valence-corrected chi connectivity index (χ3v) is 5.42. The number of H-pyrrole nitrogens is 1. The van der Waals surface area contributed by atoms with Crippen LogP contribution in [0.25, 0.3) is 11.2 Å². The van der Waals surface area contributed by atoms with E-state index in [1.807, 2.05) is 0 Å². The fraction of sp³-hybridized carbons (Fsp3) is 0.333. The van der Waals surface area contributed by atoms with Gasteiger partial charge in [0.1, 0.15) is 11.6 Å². The summed E-state index contributed by atoms with van der Waals surface area (Å²) in [6.45, 7) is 1.13. The van der Waals surface area contributed by atoms with Gasteiger partial charge in [-0.3, -0.25) is 9.59 Å². The topological polar surface area (TPSA) is 102 Å². The zero-order valence-electron chi connectivity index (χ0n) is 15.2. The van der Waals surface area contributed by atoms with Crippen LogP contribution in [0.15, 0.2) is 34.5 Å². The molecule has 1 fully saturated rings. The normalized spacial score (nSPS) is 16.4. The highest BCUT2D eigenvalue weighted by atomic mass is 32.2. The first-order valence-electron chi connectivity index (χ1n) is 8.94. The largest absolute Gasteiger partial charge is 0.376 e. The van der Waals surface area contributed by atoms with Gasteiger partial charge in [-0.2, -0.15) is 0 Å². The van der Waals surface area contributed by atoms with Crippen molar-refractivity contribution in [3.8, 4) is 0 Å². The number of nitrogens with zero attached hydrogens (tertiary/aromatic N) is 3. The number of thioether (sulfide) groups is 1. The number of halogens is 2. The van der Waals surface area contributed by atoms with Crippen LogP contribution in [0.2, 0.25) is 0 Å². The van der Waals surface area contributed by atoms with Crippen LogP contribution in [-0.2, 0) is 16.1 Å². The number of imidazole rings is 1. The predicted molar refractivity (Wildman–Crippen MR) is 103 cm³/mol. The Kier molecular flexibility index (Phi) is 5.58. The molecule has 29 heavy (non-hydrogen) atoms. The summed E-state index contributed by atoms with van der Waals surface area (Å²) in [4.78, 5) is 35.3. The number of carbonyl (C=O) groups is 1. The van der Waals surface area contributed by atoms with Crippen molar-refractivity contribution in [2.75, 3.05) is 17.7 Å². The van der Waals surface area contributed by atoms with E-state index in [2.05, 4.69) is 20.3 Å². The molecule has 3 aromatic rings. The van der Waals surface area contributed by atoms with E-state index in [1.165, 1.54) is 6.33 Å². The van der Waals surface area contributed by atoms with Crippen LogP contribution >= 0.6 is 11.8 Å². The van der Waals surface area contributed by atoms with Crippen molar-refractivity contribution in [3.05, 3.63) is 46.5 Å². The van der Waals surface area contributed by atoms with Crippen LogP contribution < -0.4 is 10.9 Å². The minimum Gasteiger partial charge on any atom is -0.376 e. The van der Waals surface area contributed by atoms with Gasteiger partial charge in [0.25, 0.3) is 5.56 Å². The molecule has 0 bridgehead atoms. The van der Waals surface area contributed by atoms with Crippen molar-refractivity contribution < 1.29 is 18.3 Å². The van der Waals surface area contributed by atoms with Gasteiger partial charge in [-0.25, -0.2) is 18.7 Å². The first kappa shape index (κ1) is 19.5. The van der Waals surface area contributed by atoms with E-state index in [-0.39, 0.29) is 28.6 Å². The number of fused-ring (bicyclic) bond motifs is 1. The number of hydrogen-bond acceptors (Lipinski definition) is 6. The first-order chi connectivity index (χ1) is 14.0. The van der Waals surface area contributed by atoms with E-state index in [4.69, 9.17) is 4.74 Å². The lowest BCUT2D eigenvalue weighted by atomic mass is 10.2. The zero-order valence-corrected chi connectivity index (χ0v) is 16.0. The van der Waals surface area contributed by atoms with Gasteiger partial charge in [0.15, 0.2) is 16.3 Å². The van der Waals surface area contributed by atoms with Crippen molar-refractivity contribution >= 4 is 34.5 Å². The van der Waals surface area contributed by atoms with Gasteiger partial charge in [0.2, 0.25) is 5.91 Å². The molecule has 0 aliphatic carbocycles. The predicted octanol–water partition coefficient (Wildman–Crippen LogP) is 2.31. The third-order valence-electron chi connectivity index (χ3n) is 4.45. The molecule has 3 heterocycles. The Morgan fingerprint density at radius 3 is 3.07 bits per heavy atom. The Bertz CT molecular complexity index is 1110. The lowest BCUT2D eigenvalue weighted by molar-refractivity contribution is -0.113. The van der Waals surface area contributed by atoms with Gasteiger partial charge < -0.3 is 19.6 Å². The minimum absolute atomic E-state index is 0.0249. The number of benzene rings is 1. The average molecular weight is 421 g/mol. The van der Waals surface area contributed by atoms with Gasteiger partial charge in [0.05, 0.1) is 30.4 Å². The van der Waals surface area contributed by atoms with Crippen LogP contribution in [0, 0.1) is 11.6 Å². The second-order valence-corrected chi connectivity index (χ2v) is 7.45. The third kappa shape index (κ3) is 4.30. The first-order valence-corrected chi connectivity index (χ1v) is 9.93. The smallest absolute Gasteiger partial charge is 0.278 e. The molecule has 8 nitrogen and oxygen atoms in total. The lowest BCUT2D eigenvalue weighted by Gasteiger charge is -2.13. The number of aromatic amines is 1. The molecule has 2 aromatic heterocycles. The standard InChI is InChI=1S/C18H17F2N5O3S/c19-10-3-4-12(20)13(6-10)23-14(26)8-29-18-24-15-16(21-9-22-17(15)27)25(18)7-11-2-1-5-28-11/h3-4,6,9,11H,1-2,5,7-8H2,(H,23,26)(H,21,22,27)/t11-/m1/s1. The number of ether oxygens (including phenoxy) is 1. The van der Waals surface area contributed by atoms with Gasteiger partial charge in [0, 0.05) is 12.7 Å². The molecule has 1 atom stereocenters. The van der Waals surface area contributed by atoms with Gasteiger partial charge in [-0.1, -0.05) is 11.8 Å². The summed E-state index contributed by atoms with van der Waals surface area (Å²) in [7, 11) is 0. The summed E-state index contributed by atoms with van der Waals surface area (Å²) in [6.07, 6.45) is 3.11. The van der Waals surface area contributed by atoms with Crippen LogP contribution in [0.3, 0.4) is 0 Å². The highest BCUT2D eigenvalue weighted by Crippen LogP contribution is 2.25. The van der Waals surface area contributed by atoms with E-state index in [0.717, 1.165) is 42.8 Å². The monoisotopic (exact) mass is 421 g/mol. The van der Waals surface area contributed by atoms with Gasteiger partial charge in [-0.15, -0.1) is 0 Å². The molecule has 4 rings (SSSR count). The average Bonchev–Trinajstić information content (AvgIpc) is 3.33. The molecule has 2 N–H and O–H groups in total. The van der Waals surface area contributed by atoms with Crippen LogP contribution in [0.5, 0.6) is 0 Å². The molecule has 0 spiro atoms. The quantitative estimate of drug-likeness (QED) is 0.593. The number of anilines is 1. The fourth-order valence-electron chi connectivity index (χ4n) is 3.10. The van der Waals surface area contributed by atoms with Crippen molar-refractivity contribution in [2.45, 2.75) is 30.6 Å². The summed E-state index contributed by atoms with van der Waals surface area (Å²) in [5.74, 6) is -2.02. The van der Waals surface area contributed by atoms with Crippen LogP contribution in [0.1, 0.15) is 12.8 Å². The number of nitrogens with one attached hydrogen (secondary N) is 2. The Labute approximate surface area is 167 Å². The Hall–Kier alpha value is -2.79. The summed E-state index contributed by atoms with van der Waals surface area (Å²) in [5, 5.41) is 2.76. The Balaban J connectivity index is 1.53. The Morgan fingerprint density at radius 1 is 1.41 bits per heavy atom. The summed E-state index contributed by atoms with van der Waals surface area (Å²) in [6, 6.07) is 2.82. The second kappa shape index (κ2) is 8.29. The van der Waals surface area contributed by atoms with Gasteiger partial charge in [-0.05, 0) is 25.0 Å². The molecule has 1 aromatic carbocycles. The lowest BCUT2D eigenvalue weighted by Crippen LogP contribution is -2.18. The van der Waals surface area contributed by atoms with Crippen molar-refractivity contribution in [1.29, 1.82) is 0 Å². The SMILES string of the molecule is O=C(CSc1nc2c(=O)[nH]cnc2n1C[C@H]1CCCO1)Nc1cc(F)ccc1F. The second-order valence-electron chi connectivity index (χ2n) is 6.50. The highest BCUT2D eigenvalue weighted by molar-refractivity contribution is 7.99. The summed E-state index contributed by atoms with van der Waals surface area (Å²) in [5.41, 5.74) is -0.0382. The number of carbonyl (C=O) groups excluding carboxylic acids is 1. The van der Waals surface area contributed by atoms with Gasteiger partial charge >= 0.3 is 0 Å². The maximum absolute atomic E-state index is 13.7. The molecular weight excluding hydrogens is 404 g/mol. The van der Waals surface area contributed by atoms with E-state index < -0.39 is 17.5 Å². The molecule has 1 amide bonds. The van der Waals surface area contributed by atoms with Crippen LogP contribution in [0.4, 0.5) is 14.5 Å².